The van der Waals surface area contributed by atoms with E-state index in [0.29, 0.717) is 11.3 Å². The summed E-state index contributed by atoms with van der Waals surface area (Å²) in [5, 5.41) is 8.79. The first-order valence-electron chi connectivity index (χ1n) is 6.13. The topological polar surface area (TPSA) is 89.6 Å². The smallest absolute Gasteiger partial charge is 0.335 e. The molecule has 0 unspecified atom stereocenters. The van der Waals surface area contributed by atoms with Gasteiger partial charge in [-0.25, -0.2) is 4.79 Å². The molecule has 2 aromatic carbocycles. The number of hydrogen-bond donors (Lipinski definition) is 2. The van der Waals surface area contributed by atoms with Crippen LogP contribution in [0.1, 0.15) is 26.3 Å². The van der Waals surface area contributed by atoms with Gasteiger partial charge in [-0.15, -0.1) is 0 Å². The van der Waals surface area contributed by atoms with Crippen LogP contribution in [0.25, 0.3) is 6.08 Å². The first kappa shape index (κ1) is 14.5. The maximum absolute atomic E-state index is 11.9. The van der Waals surface area contributed by atoms with Crippen LogP contribution < -0.4 is 10.7 Å². The molecule has 0 atom stereocenters. The summed E-state index contributed by atoms with van der Waals surface area (Å²) in [6.45, 7) is 0. The maximum atomic E-state index is 11.9. The molecule has 0 heterocycles. The lowest BCUT2D eigenvalue weighted by atomic mass is 10.1. The van der Waals surface area contributed by atoms with Gasteiger partial charge in [0.05, 0.1) is 5.56 Å². The zero-order valence-electron chi connectivity index (χ0n) is 11.0. The lowest BCUT2D eigenvalue weighted by Gasteiger charge is -1.99. The molecule has 0 spiro atoms. The summed E-state index contributed by atoms with van der Waals surface area (Å²) in [5.74, 6) is 4.32. The first-order valence-corrected chi connectivity index (χ1v) is 6.13. The highest BCUT2D eigenvalue weighted by molar-refractivity contribution is 6.07. The van der Waals surface area contributed by atoms with Crippen LogP contribution in [0.15, 0.2) is 54.6 Å². The lowest BCUT2D eigenvalue weighted by molar-refractivity contribution is 0.0696. The van der Waals surface area contributed by atoms with E-state index in [0.717, 1.165) is 5.56 Å². The Kier molecular flexibility index (Phi) is 4.48. The van der Waals surface area contributed by atoms with Crippen molar-refractivity contribution in [3.8, 4) is 5.75 Å². The molecule has 5 nitrogen and oxygen atoms in total. The molecule has 0 amide bonds. The Morgan fingerprint density at radius 2 is 1.52 bits per heavy atom. The number of ketones is 1. The Morgan fingerprint density at radius 3 is 2.05 bits per heavy atom. The van der Waals surface area contributed by atoms with Crippen LogP contribution >= 0.6 is 0 Å². The molecule has 106 valence electrons. The van der Waals surface area contributed by atoms with Crippen molar-refractivity contribution < 1.29 is 19.5 Å². The van der Waals surface area contributed by atoms with Gasteiger partial charge in [-0.2, -0.15) is 5.90 Å². The molecular formula is C16H13NO4. The zero-order chi connectivity index (χ0) is 15.2. The van der Waals surface area contributed by atoms with Crippen LogP contribution in [0.4, 0.5) is 0 Å². The Bertz CT molecular complexity index is 672. The number of allylic oxidation sites excluding steroid dienone is 1. The summed E-state index contributed by atoms with van der Waals surface area (Å²) in [6.07, 6.45) is 3.09. The highest BCUT2D eigenvalue weighted by atomic mass is 16.6. The number of carboxylic acid groups (broad SMARTS) is 1. The number of aromatic carboxylic acids is 1. The van der Waals surface area contributed by atoms with Gasteiger partial charge in [-0.3, -0.25) is 4.79 Å². The highest BCUT2D eigenvalue weighted by Crippen LogP contribution is 2.12. The van der Waals surface area contributed by atoms with Gasteiger partial charge in [-0.05, 0) is 35.9 Å². The van der Waals surface area contributed by atoms with Crippen molar-refractivity contribution in [1.29, 1.82) is 0 Å². The Morgan fingerprint density at radius 1 is 0.952 bits per heavy atom. The van der Waals surface area contributed by atoms with E-state index in [1.165, 1.54) is 30.3 Å². The second-order valence-corrected chi connectivity index (χ2v) is 4.27. The van der Waals surface area contributed by atoms with Gasteiger partial charge in [0.2, 0.25) is 0 Å². The van der Waals surface area contributed by atoms with Crippen LogP contribution in [0.3, 0.4) is 0 Å². The van der Waals surface area contributed by atoms with E-state index < -0.39 is 5.97 Å². The first-order chi connectivity index (χ1) is 10.1. The largest absolute Gasteiger partial charge is 0.478 e. The quantitative estimate of drug-likeness (QED) is 0.500. The number of carboxylic acids is 1. The molecule has 0 saturated heterocycles. The summed E-state index contributed by atoms with van der Waals surface area (Å²) in [5.41, 5.74) is 1.40. The second kappa shape index (κ2) is 6.49. The van der Waals surface area contributed by atoms with E-state index in [4.69, 9.17) is 11.0 Å². The normalized spacial score (nSPS) is 10.5. The van der Waals surface area contributed by atoms with E-state index in [2.05, 4.69) is 4.84 Å². The maximum Gasteiger partial charge on any atom is 0.335 e. The number of nitrogens with two attached hydrogens (primary N) is 1. The van der Waals surface area contributed by atoms with Gasteiger partial charge in [0.1, 0.15) is 5.75 Å². The molecule has 0 aliphatic heterocycles. The van der Waals surface area contributed by atoms with Gasteiger partial charge >= 0.3 is 5.97 Å². The third-order valence-corrected chi connectivity index (χ3v) is 2.86. The van der Waals surface area contributed by atoms with Crippen molar-refractivity contribution >= 4 is 17.8 Å². The average Bonchev–Trinajstić information content (AvgIpc) is 2.53. The van der Waals surface area contributed by atoms with E-state index in [1.807, 2.05) is 0 Å². The van der Waals surface area contributed by atoms with Crippen molar-refractivity contribution in [2.75, 3.05) is 0 Å². The zero-order valence-corrected chi connectivity index (χ0v) is 11.0. The van der Waals surface area contributed by atoms with Gasteiger partial charge in [0, 0.05) is 5.56 Å². The molecule has 0 aromatic heterocycles. The number of hydrogen-bond acceptors (Lipinski definition) is 4. The fourth-order valence-corrected chi connectivity index (χ4v) is 1.70. The average molecular weight is 283 g/mol. The molecule has 0 bridgehead atoms. The summed E-state index contributed by atoms with van der Waals surface area (Å²) in [6, 6.07) is 12.7. The van der Waals surface area contributed by atoms with E-state index in [-0.39, 0.29) is 11.3 Å². The summed E-state index contributed by atoms with van der Waals surface area (Å²) in [4.78, 5) is 27.2. The highest BCUT2D eigenvalue weighted by Gasteiger charge is 2.05. The van der Waals surface area contributed by atoms with Crippen molar-refractivity contribution in [1.82, 2.24) is 0 Å². The number of benzene rings is 2. The van der Waals surface area contributed by atoms with Gasteiger partial charge in [-0.1, -0.05) is 30.3 Å². The lowest BCUT2D eigenvalue weighted by Crippen LogP contribution is -2.01. The van der Waals surface area contributed by atoms with Crippen LogP contribution in [0.2, 0.25) is 0 Å². The molecule has 2 rings (SSSR count). The number of carbonyl (C=O) groups excluding carboxylic acids is 1. The Hall–Kier alpha value is -2.92. The minimum absolute atomic E-state index is 0.146. The van der Waals surface area contributed by atoms with Gasteiger partial charge < -0.3 is 9.94 Å². The van der Waals surface area contributed by atoms with Crippen molar-refractivity contribution in [2.45, 2.75) is 0 Å². The SMILES string of the molecule is NOc1ccc(C=CC(=O)c2ccc(C(=O)O)cc2)cc1. The molecule has 21 heavy (non-hydrogen) atoms. The minimum Gasteiger partial charge on any atom is -0.478 e. The predicted molar refractivity (Wildman–Crippen MR) is 78.0 cm³/mol. The Balaban J connectivity index is 2.09. The monoisotopic (exact) mass is 283 g/mol. The molecule has 3 N–H and O–H groups in total. The number of carbonyl (C=O) groups is 2. The fourth-order valence-electron chi connectivity index (χ4n) is 1.70. The third kappa shape index (κ3) is 3.77. The van der Waals surface area contributed by atoms with Crippen molar-refractivity contribution in [3.63, 3.8) is 0 Å². The summed E-state index contributed by atoms with van der Waals surface area (Å²) in [7, 11) is 0. The van der Waals surface area contributed by atoms with Gasteiger partial charge in [0.25, 0.3) is 0 Å². The molecule has 5 heteroatoms. The van der Waals surface area contributed by atoms with E-state index in [1.54, 1.807) is 30.3 Å². The fraction of sp³-hybridized carbons (Fsp3) is 0. The van der Waals surface area contributed by atoms with Crippen molar-refractivity contribution in [3.05, 3.63) is 71.3 Å². The van der Waals surface area contributed by atoms with Crippen LogP contribution in [0.5, 0.6) is 5.75 Å². The summed E-state index contributed by atoms with van der Waals surface area (Å²) < 4.78 is 0. The van der Waals surface area contributed by atoms with E-state index in [9.17, 15) is 9.59 Å². The van der Waals surface area contributed by atoms with Crippen molar-refractivity contribution in [2.24, 2.45) is 5.90 Å². The summed E-state index contributed by atoms with van der Waals surface area (Å²) >= 11 is 0. The standard InChI is InChI=1S/C16H13NO4/c17-21-14-8-1-11(2-9-14)3-10-15(18)12-4-6-13(7-5-12)16(19)20/h1-10H,17H2,(H,19,20). The molecular weight excluding hydrogens is 270 g/mol. The third-order valence-electron chi connectivity index (χ3n) is 2.86. The molecule has 2 aromatic rings. The Labute approximate surface area is 121 Å². The van der Waals surface area contributed by atoms with Crippen LogP contribution in [-0.4, -0.2) is 16.9 Å². The predicted octanol–water partition coefficient (Wildman–Crippen LogP) is 2.53. The molecule has 0 saturated carbocycles. The number of rotatable bonds is 5. The van der Waals surface area contributed by atoms with Gasteiger partial charge in [0.15, 0.2) is 5.78 Å². The molecule has 0 radical (unpaired) electrons. The van der Waals surface area contributed by atoms with E-state index >= 15 is 0 Å². The molecule has 0 fully saturated rings. The second-order valence-electron chi connectivity index (χ2n) is 4.27. The van der Waals surface area contributed by atoms with Crippen LogP contribution in [0, 0.1) is 0 Å². The molecule has 0 aliphatic carbocycles. The molecule has 0 aliphatic rings. The van der Waals surface area contributed by atoms with Crippen LogP contribution in [-0.2, 0) is 0 Å². The minimum atomic E-state index is -1.02.